The summed E-state index contributed by atoms with van der Waals surface area (Å²) in [6.45, 7) is 0.376. The van der Waals surface area contributed by atoms with Gasteiger partial charge in [0.05, 0.1) is 13.0 Å². The predicted octanol–water partition coefficient (Wildman–Crippen LogP) is 1.83. The number of benzene rings is 2. The second-order valence-electron chi connectivity index (χ2n) is 4.35. The molecule has 0 aliphatic heterocycles. The van der Waals surface area contributed by atoms with Crippen molar-refractivity contribution in [3.05, 3.63) is 48.0 Å². The third-order valence-electron chi connectivity index (χ3n) is 3.08. The quantitative estimate of drug-likeness (QED) is 0.890. The van der Waals surface area contributed by atoms with Crippen LogP contribution >= 0.6 is 0 Å². The number of aliphatic hydroxyl groups is 1. The summed E-state index contributed by atoms with van der Waals surface area (Å²) in [6, 6.07) is 14.0. The van der Waals surface area contributed by atoms with Crippen molar-refractivity contribution in [1.82, 2.24) is 4.90 Å². The summed E-state index contributed by atoms with van der Waals surface area (Å²) in [5, 5.41) is 11.1. The molecule has 0 radical (unpaired) electrons. The Kier molecular flexibility index (Phi) is 3.95. The summed E-state index contributed by atoms with van der Waals surface area (Å²) in [5.74, 6) is 0.0282. The number of fused-ring (bicyclic) bond motifs is 1. The highest BCUT2D eigenvalue weighted by Gasteiger charge is 2.10. The van der Waals surface area contributed by atoms with Crippen LogP contribution in [-0.2, 0) is 11.2 Å². The van der Waals surface area contributed by atoms with Gasteiger partial charge in [-0.3, -0.25) is 4.79 Å². The third kappa shape index (κ3) is 2.68. The van der Waals surface area contributed by atoms with E-state index in [-0.39, 0.29) is 12.5 Å². The van der Waals surface area contributed by atoms with Crippen molar-refractivity contribution in [3.8, 4) is 0 Å². The molecule has 0 aliphatic rings. The first-order chi connectivity index (χ1) is 8.72. The van der Waals surface area contributed by atoms with Gasteiger partial charge in [0.2, 0.25) is 5.91 Å². The molecule has 0 fully saturated rings. The first-order valence-electron chi connectivity index (χ1n) is 6.04. The van der Waals surface area contributed by atoms with E-state index in [1.165, 1.54) is 0 Å². The van der Waals surface area contributed by atoms with E-state index in [0.29, 0.717) is 13.0 Å². The first kappa shape index (κ1) is 12.6. The van der Waals surface area contributed by atoms with Gasteiger partial charge >= 0.3 is 0 Å². The predicted molar refractivity (Wildman–Crippen MR) is 72.4 cm³/mol. The minimum absolute atomic E-state index is 0.00220. The Morgan fingerprint density at radius 3 is 2.67 bits per heavy atom. The van der Waals surface area contributed by atoms with Crippen molar-refractivity contribution < 1.29 is 9.90 Å². The van der Waals surface area contributed by atoms with E-state index in [2.05, 4.69) is 0 Å². The van der Waals surface area contributed by atoms with E-state index < -0.39 is 0 Å². The molecule has 1 N–H and O–H groups in total. The van der Waals surface area contributed by atoms with Crippen LogP contribution in [0.1, 0.15) is 5.56 Å². The zero-order chi connectivity index (χ0) is 13.0. The molecule has 0 saturated carbocycles. The van der Waals surface area contributed by atoms with Gasteiger partial charge in [0.25, 0.3) is 0 Å². The molecule has 0 saturated heterocycles. The molecule has 18 heavy (non-hydrogen) atoms. The molecule has 0 atom stereocenters. The lowest BCUT2D eigenvalue weighted by atomic mass is 10.0. The lowest BCUT2D eigenvalue weighted by Crippen LogP contribution is -2.30. The molecule has 0 heterocycles. The highest BCUT2D eigenvalue weighted by atomic mass is 16.3. The number of carbonyl (C=O) groups is 1. The van der Waals surface area contributed by atoms with Crippen LogP contribution in [0.3, 0.4) is 0 Å². The molecule has 0 unspecified atom stereocenters. The fourth-order valence-electron chi connectivity index (χ4n) is 2.02. The number of hydrogen-bond donors (Lipinski definition) is 1. The molecule has 3 heteroatoms. The van der Waals surface area contributed by atoms with Crippen LogP contribution in [-0.4, -0.2) is 36.1 Å². The Labute approximate surface area is 107 Å². The average Bonchev–Trinajstić information content (AvgIpc) is 2.39. The van der Waals surface area contributed by atoms with Gasteiger partial charge in [-0.15, -0.1) is 0 Å². The number of rotatable bonds is 4. The highest BCUT2D eigenvalue weighted by molar-refractivity contribution is 5.90. The average molecular weight is 243 g/mol. The molecule has 2 aromatic carbocycles. The maximum absolute atomic E-state index is 12.0. The topological polar surface area (TPSA) is 40.5 Å². The van der Waals surface area contributed by atoms with Crippen LogP contribution in [0.4, 0.5) is 0 Å². The summed E-state index contributed by atoms with van der Waals surface area (Å²) in [6.07, 6.45) is 0.373. The van der Waals surface area contributed by atoms with Gasteiger partial charge in [0, 0.05) is 13.6 Å². The van der Waals surface area contributed by atoms with Crippen molar-refractivity contribution in [2.24, 2.45) is 0 Å². The molecular weight excluding hydrogens is 226 g/mol. The Hall–Kier alpha value is -1.87. The number of hydrogen-bond acceptors (Lipinski definition) is 2. The second kappa shape index (κ2) is 5.65. The minimum atomic E-state index is -0.00220. The number of aliphatic hydroxyl groups excluding tert-OH is 1. The summed E-state index contributed by atoms with van der Waals surface area (Å²) < 4.78 is 0. The number of nitrogens with zero attached hydrogens (tertiary/aromatic N) is 1. The van der Waals surface area contributed by atoms with Crippen LogP contribution in [0.25, 0.3) is 10.8 Å². The van der Waals surface area contributed by atoms with E-state index in [4.69, 9.17) is 5.11 Å². The lowest BCUT2D eigenvalue weighted by molar-refractivity contribution is -0.129. The van der Waals surface area contributed by atoms with Gasteiger partial charge in [-0.2, -0.15) is 0 Å². The third-order valence-corrected chi connectivity index (χ3v) is 3.08. The summed E-state index contributed by atoms with van der Waals surface area (Å²) in [5.41, 5.74) is 1.03. The molecule has 0 bridgehead atoms. The van der Waals surface area contributed by atoms with Crippen LogP contribution in [0.5, 0.6) is 0 Å². The van der Waals surface area contributed by atoms with E-state index in [1.807, 2.05) is 42.5 Å². The zero-order valence-corrected chi connectivity index (χ0v) is 10.5. The SMILES string of the molecule is CN(CCO)C(=O)Cc1cccc2ccccc12. The molecule has 94 valence electrons. The normalized spacial score (nSPS) is 10.6. The number of carbonyl (C=O) groups excluding carboxylic acids is 1. The molecule has 2 aromatic rings. The van der Waals surface area contributed by atoms with Gasteiger partial charge in [0.15, 0.2) is 0 Å². The maximum atomic E-state index is 12.0. The van der Waals surface area contributed by atoms with Crippen molar-refractivity contribution in [1.29, 1.82) is 0 Å². The van der Waals surface area contributed by atoms with E-state index >= 15 is 0 Å². The van der Waals surface area contributed by atoms with Gasteiger partial charge < -0.3 is 10.0 Å². The van der Waals surface area contributed by atoms with Crippen LogP contribution in [0, 0.1) is 0 Å². The smallest absolute Gasteiger partial charge is 0.226 e. The zero-order valence-electron chi connectivity index (χ0n) is 10.5. The van der Waals surface area contributed by atoms with Gasteiger partial charge in [0.1, 0.15) is 0 Å². The molecule has 3 nitrogen and oxygen atoms in total. The van der Waals surface area contributed by atoms with Crippen molar-refractivity contribution >= 4 is 16.7 Å². The molecular formula is C15H17NO2. The van der Waals surface area contributed by atoms with Gasteiger partial charge in [-0.1, -0.05) is 42.5 Å². The Morgan fingerprint density at radius 1 is 1.17 bits per heavy atom. The standard InChI is InChI=1S/C15H17NO2/c1-16(9-10-17)15(18)11-13-7-4-6-12-5-2-3-8-14(12)13/h2-8,17H,9-11H2,1H3. The molecule has 2 rings (SSSR count). The van der Waals surface area contributed by atoms with E-state index in [1.54, 1.807) is 11.9 Å². The minimum Gasteiger partial charge on any atom is -0.395 e. The van der Waals surface area contributed by atoms with Crippen LogP contribution in [0.2, 0.25) is 0 Å². The molecule has 1 amide bonds. The molecule has 0 spiro atoms. The van der Waals surface area contributed by atoms with Crippen LogP contribution in [0.15, 0.2) is 42.5 Å². The summed E-state index contributed by atoms with van der Waals surface area (Å²) in [7, 11) is 1.71. The number of likely N-dealkylation sites (N-methyl/N-ethyl adjacent to an activating group) is 1. The van der Waals surface area contributed by atoms with Crippen LogP contribution < -0.4 is 0 Å². The number of amides is 1. The highest BCUT2D eigenvalue weighted by Crippen LogP contribution is 2.19. The van der Waals surface area contributed by atoms with Gasteiger partial charge in [-0.05, 0) is 16.3 Å². The second-order valence-corrected chi connectivity index (χ2v) is 4.35. The lowest BCUT2D eigenvalue weighted by Gasteiger charge is -2.16. The maximum Gasteiger partial charge on any atom is 0.226 e. The monoisotopic (exact) mass is 243 g/mol. The summed E-state index contributed by atoms with van der Waals surface area (Å²) >= 11 is 0. The van der Waals surface area contributed by atoms with Crippen molar-refractivity contribution in [2.75, 3.05) is 20.2 Å². The Bertz CT molecular complexity index is 546. The van der Waals surface area contributed by atoms with E-state index in [9.17, 15) is 4.79 Å². The fraction of sp³-hybridized carbons (Fsp3) is 0.267. The largest absolute Gasteiger partial charge is 0.395 e. The van der Waals surface area contributed by atoms with Crippen molar-refractivity contribution in [3.63, 3.8) is 0 Å². The Balaban J connectivity index is 2.24. The van der Waals surface area contributed by atoms with Crippen molar-refractivity contribution in [2.45, 2.75) is 6.42 Å². The molecule has 0 aliphatic carbocycles. The molecule has 0 aromatic heterocycles. The first-order valence-corrected chi connectivity index (χ1v) is 6.04. The van der Waals surface area contributed by atoms with Gasteiger partial charge in [-0.25, -0.2) is 0 Å². The van der Waals surface area contributed by atoms with E-state index in [0.717, 1.165) is 16.3 Å². The summed E-state index contributed by atoms with van der Waals surface area (Å²) in [4.78, 5) is 13.5. The Morgan fingerprint density at radius 2 is 1.89 bits per heavy atom. The fourth-order valence-corrected chi connectivity index (χ4v) is 2.02.